The van der Waals surface area contributed by atoms with Crippen molar-refractivity contribution in [3.8, 4) is 11.1 Å². The molecule has 0 spiro atoms. The maximum Gasteiger partial charge on any atom is 0.308 e. The summed E-state index contributed by atoms with van der Waals surface area (Å²) in [6, 6.07) is 12.2. The summed E-state index contributed by atoms with van der Waals surface area (Å²) in [5, 5.41) is 9.72. The number of hydrogen-bond acceptors (Lipinski definition) is 4. The van der Waals surface area contributed by atoms with Crippen molar-refractivity contribution in [3.63, 3.8) is 0 Å². The van der Waals surface area contributed by atoms with Crippen molar-refractivity contribution in [1.82, 2.24) is 4.98 Å². The molecular weight excluding hydrogens is 290 g/mol. The van der Waals surface area contributed by atoms with Gasteiger partial charge in [-0.05, 0) is 42.5 Å². The van der Waals surface area contributed by atoms with Gasteiger partial charge in [0.15, 0.2) is 0 Å². The van der Waals surface area contributed by atoms with Crippen molar-refractivity contribution in [3.05, 3.63) is 53.9 Å². The predicted octanol–water partition coefficient (Wildman–Crippen LogP) is 3.06. The number of esters is 1. The van der Waals surface area contributed by atoms with Crippen molar-refractivity contribution in [1.29, 1.82) is 0 Å². The molecule has 4 heteroatoms. The van der Waals surface area contributed by atoms with Crippen LogP contribution in [0, 0.1) is 6.92 Å². The van der Waals surface area contributed by atoms with E-state index in [1.54, 1.807) is 0 Å². The molecule has 1 aromatic heterocycles. The van der Waals surface area contributed by atoms with Gasteiger partial charge in [-0.15, -0.1) is 0 Å². The summed E-state index contributed by atoms with van der Waals surface area (Å²) >= 11 is 0. The Morgan fingerprint density at radius 2 is 2.04 bits per heavy atom. The number of cyclic esters (lactones) is 1. The van der Waals surface area contributed by atoms with Gasteiger partial charge < -0.3 is 9.84 Å². The Labute approximate surface area is 136 Å². The SMILES string of the molecule is Cc1nccc(-c2ccccc2)c1CCC1CC(O)CC(=O)O1. The Morgan fingerprint density at radius 1 is 1.26 bits per heavy atom. The average molecular weight is 311 g/mol. The standard InChI is InChI=1S/C19H21NO3/c1-13-17(8-7-16-11-15(21)12-19(22)23-16)18(9-10-20-13)14-5-3-2-4-6-14/h2-6,9-10,15-16,21H,7-8,11-12H2,1H3. The molecule has 1 N–H and O–H groups in total. The molecule has 1 aliphatic heterocycles. The first-order valence-corrected chi connectivity index (χ1v) is 8.01. The van der Waals surface area contributed by atoms with E-state index >= 15 is 0 Å². The molecule has 2 atom stereocenters. The molecule has 1 fully saturated rings. The molecule has 1 aromatic carbocycles. The molecule has 2 unspecified atom stereocenters. The molecule has 3 rings (SSSR count). The van der Waals surface area contributed by atoms with Gasteiger partial charge in [0.1, 0.15) is 6.10 Å². The number of hydrogen-bond donors (Lipinski definition) is 1. The van der Waals surface area contributed by atoms with Crippen LogP contribution in [0.4, 0.5) is 0 Å². The lowest BCUT2D eigenvalue weighted by molar-refractivity contribution is -0.160. The first-order valence-electron chi connectivity index (χ1n) is 8.01. The van der Waals surface area contributed by atoms with Crippen LogP contribution in [0.5, 0.6) is 0 Å². The molecule has 0 saturated carbocycles. The Balaban J connectivity index is 1.79. The molecule has 23 heavy (non-hydrogen) atoms. The lowest BCUT2D eigenvalue weighted by Crippen LogP contribution is -2.32. The van der Waals surface area contributed by atoms with Crippen molar-refractivity contribution >= 4 is 5.97 Å². The molecule has 1 aliphatic rings. The van der Waals surface area contributed by atoms with Gasteiger partial charge in [0, 0.05) is 18.3 Å². The quantitative estimate of drug-likeness (QED) is 0.882. The molecular formula is C19H21NO3. The fourth-order valence-corrected chi connectivity index (χ4v) is 3.14. The number of aryl methyl sites for hydroxylation is 1. The van der Waals surface area contributed by atoms with Crippen LogP contribution in [0.2, 0.25) is 0 Å². The van der Waals surface area contributed by atoms with Gasteiger partial charge in [-0.3, -0.25) is 9.78 Å². The van der Waals surface area contributed by atoms with Gasteiger partial charge in [0.25, 0.3) is 0 Å². The summed E-state index contributed by atoms with van der Waals surface area (Å²) in [5.41, 5.74) is 4.50. The zero-order valence-corrected chi connectivity index (χ0v) is 13.2. The van der Waals surface area contributed by atoms with E-state index in [9.17, 15) is 9.90 Å². The number of rotatable bonds is 4. The van der Waals surface area contributed by atoms with Gasteiger partial charge in [-0.25, -0.2) is 0 Å². The zero-order valence-electron chi connectivity index (χ0n) is 13.2. The van der Waals surface area contributed by atoms with E-state index < -0.39 is 6.10 Å². The number of aliphatic hydroxyl groups excluding tert-OH is 1. The van der Waals surface area contributed by atoms with E-state index in [1.807, 2.05) is 37.4 Å². The van der Waals surface area contributed by atoms with E-state index in [2.05, 4.69) is 17.1 Å². The van der Waals surface area contributed by atoms with Crippen molar-refractivity contribution < 1.29 is 14.6 Å². The first kappa shape index (κ1) is 15.7. The third kappa shape index (κ3) is 3.77. The number of benzene rings is 1. The molecule has 0 amide bonds. The van der Waals surface area contributed by atoms with Crippen LogP contribution in [0.3, 0.4) is 0 Å². The normalized spacial score (nSPS) is 21.0. The summed E-state index contributed by atoms with van der Waals surface area (Å²) in [4.78, 5) is 15.9. The minimum Gasteiger partial charge on any atom is -0.462 e. The second-order valence-electron chi connectivity index (χ2n) is 6.03. The molecule has 0 radical (unpaired) electrons. The minimum absolute atomic E-state index is 0.109. The van der Waals surface area contributed by atoms with Crippen LogP contribution in [-0.4, -0.2) is 28.3 Å². The Morgan fingerprint density at radius 3 is 2.78 bits per heavy atom. The van der Waals surface area contributed by atoms with Crippen LogP contribution in [-0.2, 0) is 16.0 Å². The molecule has 2 aromatic rings. The van der Waals surface area contributed by atoms with Gasteiger partial charge in [0.2, 0.25) is 0 Å². The summed E-state index contributed by atoms with van der Waals surface area (Å²) in [6.45, 7) is 2.00. The smallest absolute Gasteiger partial charge is 0.308 e. The number of pyridine rings is 1. The van der Waals surface area contributed by atoms with E-state index in [1.165, 1.54) is 11.1 Å². The second kappa shape index (κ2) is 6.92. The van der Waals surface area contributed by atoms with Gasteiger partial charge in [-0.1, -0.05) is 30.3 Å². The molecule has 0 aliphatic carbocycles. The van der Waals surface area contributed by atoms with Crippen molar-refractivity contribution in [2.75, 3.05) is 0 Å². The van der Waals surface area contributed by atoms with E-state index in [-0.39, 0.29) is 18.5 Å². The topological polar surface area (TPSA) is 59.4 Å². The summed E-state index contributed by atoms with van der Waals surface area (Å²) in [6.07, 6.45) is 3.14. The molecule has 1 saturated heterocycles. The monoisotopic (exact) mass is 311 g/mol. The highest BCUT2D eigenvalue weighted by Gasteiger charge is 2.27. The number of carbonyl (C=O) groups excluding carboxylic acids is 1. The zero-order chi connectivity index (χ0) is 16.2. The van der Waals surface area contributed by atoms with Crippen molar-refractivity contribution in [2.45, 2.75) is 44.8 Å². The Kier molecular flexibility index (Phi) is 4.72. The van der Waals surface area contributed by atoms with Crippen LogP contribution >= 0.6 is 0 Å². The Bertz CT molecular complexity index is 684. The van der Waals surface area contributed by atoms with Gasteiger partial charge in [-0.2, -0.15) is 0 Å². The highest BCUT2D eigenvalue weighted by atomic mass is 16.5. The highest BCUT2D eigenvalue weighted by molar-refractivity contribution is 5.71. The second-order valence-corrected chi connectivity index (χ2v) is 6.03. The van der Waals surface area contributed by atoms with Gasteiger partial charge >= 0.3 is 5.97 Å². The first-order chi connectivity index (χ1) is 11.1. The van der Waals surface area contributed by atoms with Crippen LogP contribution in [0.25, 0.3) is 11.1 Å². The maximum atomic E-state index is 11.5. The summed E-state index contributed by atoms with van der Waals surface area (Å²) in [7, 11) is 0. The van der Waals surface area contributed by atoms with Crippen molar-refractivity contribution in [2.24, 2.45) is 0 Å². The summed E-state index contributed by atoms with van der Waals surface area (Å²) in [5.74, 6) is -0.306. The lowest BCUT2D eigenvalue weighted by Gasteiger charge is -2.26. The van der Waals surface area contributed by atoms with E-state index in [0.717, 1.165) is 17.7 Å². The van der Waals surface area contributed by atoms with Gasteiger partial charge in [0.05, 0.1) is 12.5 Å². The largest absolute Gasteiger partial charge is 0.462 e. The minimum atomic E-state index is -0.579. The Hall–Kier alpha value is -2.20. The fourth-order valence-electron chi connectivity index (χ4n) is 3.14. The number of aromatic nitrogens is 1. The number of aliphatic hydroxyl groups is 1. The van der Waals surface area contributed by atoms with E-state index in [0.29, 0.717) is 12.8 Å². The average Bonchev–Trinajstić information content (AvgIpc) is 2.53. The number of nitrogens with zero attached hydrogens (tertiary/aromatic N) is 1. The molecule has 120 valence electrons. The van der Waals surface area contributed by atoms with Crippen LogP contribution in [0.1, 0.15) is 30.5 Å². The molecule has 4 nitrogen and oxygen atoms in total. The van der Waals surface area contributed by atoms with Crippen LogP contribution in [0.15, 0.2) is 42.6 Å². The number of ether oxygens (including phenoxy) is 1. The third-order valence-electron chi connectivity index (χ3n) is 4.31. The van der Waals surface area contributed by atoms with Crippen LogP contribution < -0.4 is 0 Å². The molecule has 2 heterocycles. The maximum absolute atomic E-state index is 11.5. The molecule has 0 bridgehead atoms. The summed E-state index contributed by atoms with van der Waals surface area (Å²) < 4.78 is 5.34. The predicted molar refractivity (Wildman–Crippen MR) is 87.9 cm³/mol. The van der Waals surface area contributed by atoms with E-state index in [4.69, 9.17) is 4.74 Å². The number of carbonyl (C=O) groups is 1. The lowest BCUT2D eigenvalue weighted by atomic mass is 9.93. The fraction of sp³-hybridized carbons (Fsp3) is 0.368. The third-order valence-corrected chi connectivity index (χ3v) is 4.31. The highest BCUT2D eigenvalue weighted by Crippen LogP contribution is 2.28.